The molecule has 2 unspecified atom stereocenters. The second-order valence-corrected chi connectivity index (χ2v) is 22.1. The molecule has 0 saturated heterocycles. The van der Waals surface area contributed by atoms with E-state index in [0.717, 1.165) is 44.9 Å². The van der Waals surface area contributed by atoms with Gasteiger partial charge in [0.25, 0.3) is 0 Å². The van der Waals surface area contributed by atoms with Gasteiger partial charge in [0.1, 0.15) is 0 Å². The molecule has 2 atom stereocenters. The van der Waals surface area contributed by atoms with Crippen LogP contribution in [0.1, 0.15) is 361 Å². The van der Waals surface area contributed by atoms with Crippen LogP contribution in [0.5, 0.6) is 0 Å². The summed E-state index contributed by atoms with van der Waals surface area (Å²) in [7, 11) is 0. The van der Waals surface area contributed by atoms with Gasteiger partial charge in [-0.2, -0.15) is 0 Å². The highest BCUT2D eigenvalue weighted by molar-refractivity contribution is 5.76. The van der Waals surface area contributed by atoms with Gasteiger partial charge in [0.05, 0.1) is 25.4 Å². The molecule has 0 aliphatic heterocycles. The molecule has 416 valence electrons. The number of hydrogen-bond acceptors (Lipinski definition) is 5. The summed E-state index contributed by atoms with van der Waals surface area (Å²) in [6.07, 6.45) is 72.2. The Balaban J connectivity index is 3.40. The minimum absolute atomic E-state index is 0.00392. The van der Waals surface area contributed by atoms with Crippen molar-refractivity contribution < 1.29 is 24.5 Å². The number of carbonyl (C=O) groups excluding carboxylic acids is 2. The first kappa shape index (κ1) is 68.6. The molecule has 0 aliphatic rings. The Hall–Kier alpha value is -1.40. The van der Waals surface area contributed by atoms with E-state index in [1.54, 1.807) is 0 Å². The van der Waals surface area contributed by atoms with Crippen molar-refractivity contribution in [2.24, 2.45) is 0 Å². The van der Waals surface area contributed by atoms with Gasteiger partial charge in [-0.3, -0.25) is 9.59 Å². The average molecular weight is 989 g/mol. The number of carbonyl (C=O) groups is 2. The van der Waals surface area contributed by atoms with E-state index < -0.39 is 12.1 Å². The number of allylic oxidation sites excluding steroid dienone is 2. The van der Waals surface area contributed by atoms with Crippen molar-refractivity contribution in [2.75, 3.05) is 13.2 Å². The molecule has 6 nitrogen and oxygen atoms in total. The van der Waals surface area contributed by atoms with Gasteiger partial charge in [-0.25, -0.2) is 0 Å². The highest BCUT2D eigenvalue weighted by Gasteiger charge is 2.20. The molecule has 0 aromatic heterocycles. The lowest BCUT2D eigenvalue weighted by atomic mass is 10.0. The summed E-state index contributed by atoms with van der Waals surface area (Å²) in [6.45, 7) is 4.97. The third-order valence-electron chi connectivity index (χ3n) is 15.1. The minimum Gasteiger partial charge on any atom is -0.466 e. The molecule has 0 heterocycles. The van der Waals surface area contributed by atoms with Gasteiger partial charge in [-0.1, -0.05) is 309 Å². The first-order valence-electron chi connectivity index (χ1n) is 31.9. The van der Waals surface area contributed by atoms with Crippen molar-refractivity contribution in [1.82, 2.24) is 5.32 Å². The smallest absolute Gasteiger partial charge is 0.305 e. The van der Waals surface area contributed by atoms with Crippen LogP contribution in [0, 0.1) is 0 Å². The van der Waals surface area contributed by atoms with E-state index >= 15 is 0 Å². The lowest BCUT2D eigenvalue weighted by Crippen LogP contribution is -2.45. The molecular formula is C64H125NO5. The normalized spacial score (nSPS) is 12.6. The van der Waals surface area contributed by atoms with E-state index in [9.17, 15) is 19.8 Å². The third-order valence-corrected chi connectivity index (χ3v) is 15.1. The SMILES string of the molecule is CCCCCCCC/C=C\CCCCCCCCCCCC(=O)OCCCCCCCCCCCCCCCCCCC(=O)NC(CO)C(O)CCCCCCCCCCCCCCCCCCCC. The zero-order chi connectivity index (χ0) is 50.7. The van der Waals surface area contributed by atoms with Gasteiger partial charge in [0.2, 0.25) is 5.91 Å². The first-order valence-corrected chi connectivity index (χ1v) is 31.9. The van der Waals surface area contributed by atoms with Crippen molar-refractivity contribution in [3.8, 4) is 0 Å². The number of ether oxygens (including phenoxy) is 1. The molecule has 6 heteroatoms. The maximum Gasteiger partial charge on any atom is 0.305 e. The zero-order valence-electron chi connectivity index (χ0n) is 47.5. The highest BCUT2D eigenvalue weighted by atomic mass is 16.5. The number of nitrogens with one attached hydrogen (secondary N) is 1. The molecular weight excluding hydrogens is 863 g/mol. The van der Waals surface area contributed by atoms with Crippen molar-refractivity contribution >= 4 is 11.9 Å². The van der Waals surface area contributed by atoms with Gasteiger partial charge < -0.3 is 20.3 Å². The number of amides is 1. The van der Waals surface area contributed by atoms with Gasteiger partial charge >= 0.3 is 5.97 Å². The fraction of sp³-hybridized carbons (Fsp3) is 0.938. The Morgan fingerprint density at radius 3 is 1.01 bits per heavy atom. The average Bonchev–Trinajstić information content (AvgIpc) is 3.36. The molecule has 0 rings (SSSR count). The van der Waals surface area contributed by atoms with Gasteiger partial charge in [-0.05, 0) is 51.4 Å². The van der Waals surface area contributed by atoms with Crippen molar-refractivity contribution in [1.29, 1.82) is 0 Å². The Labute approximate surface area is 438 Å². The molecule has 0 spiro atoms. The Bertz CT molecular complexity index is 1050. The van der Waals surface area contributed by atoms with E-state index in [1.807, 2.05) is 0 Å². The lowest BCUT2D eigenvalue weighted by molar-refractivity contribution is -0.143. The summed E-state index contributed by atoms with van der Waals surface area (Å²) in [6, 6.07) is -0.547. The van der Waals surface area contributed by atoms with Crippen LogP contribution in [0.2, 0.25) is 0 Å². The molecule has 0 bridgehead atoms. The van der Waals surface area contributed by atoms with Gasteiger partial charge in [0, 0.05) is 12.8 Å². The van der Waals surface area contributed by atoms with Crippen LogP contribution in [0.4, 0.5) is 0 Å². The van der Waals surface area contributed by atoms with E-state index in [1.165, 1.54) is 283 Å². The quantitative estimate of drug-likeness (QED) is 0.0321. The summed E-state index contributed by atoms with van der Waals surface area (Å²) in [5.74, 6) is -0.0342. The Morgan fingerprint density at radius 1 is 0.386 bits per heavy atom. The van der Waals surface area contributed by atoms with E-state index in [-0.39, 0.29) is 18.5 Å². The van der Waals surface area contributed by atoms with Crippen molar-refractivity contribution in [3.05, 3.63) is 12.2 Å². The van der Waals surface area contributed by atoms with Crippen LogP contribution in [0.3, 0.4) is 0 Å². The molecule has 0 radical (unpaired) electrons. The fourth-order valence-electron chi connectivity index (χ4n) is 10.2. The van der Waals surface area contributed by atoms with E-state index in [4.69, 9.17) is 4.74 Å². The molecule has 0 fully saturated rings. The number of hydrogen-bond donors (Lipinski definition) is 3. The molecule has 3 N–H and O–H groups in total. The van der Waals surface area contributed by atoms with Crippen LogP contribution >= 0.6 is 0 Å². The number of aliphatic hydroxyl groups excluding tert-OH is 2. The second kappa shape index (κ2) is 60.2. The highest BCUT2D eigenvalue weighted by Crippen LogP contribution is 2.18. The number of unbranched alkanes of at least 4 members (excludes halogenated alkanes) is 47. The molecule has 0 aliphatic carbocycles. The van der Waals surface area contributed by atoms with E-state index in [0.29, 0.717) is 25.9 Å². The zero-order valence-corrected chi connectivity index (χ0v) is 47.5. The topological polar surface area (TPSA) is 95.9 Å². The van der Waals surface area contributed by atoms with Gasteiger partial charge in [0.15, 0.2) is 0 Å². The maximum atomic E-state index is 12.5. The van der Waals surface area contributed by atoms with Crippen LogP contribution < -0.4 is 5.32 Å². The Morgan fingerprint density at radius 2 is 0.671 bits per heavy atom. The number of aliphatic hydroxyl groups is 2. The standard InChI is InChI=1S/C64H125NO5/c1-3-5-7-9-11-13-15-17-19-21-23-25-30-34-38-42-46-50-54-58-64(69)70-59-55-51-47-43-39-35-31-27-26-29-33-37-41-45-49-53-57-63(68)65-61(60-66)62(67)56-52-48-44-40-36-32-28-24-22-20-18-16-14-12-10-8-6-4-2/h17,19,61-62,66-67H,3-16,18,20-60H2,1-2H3,(H,65,68)/b19-17-. The van der Waals surface area contributed by atoms with Crippen molar-refractivity contribution in [3.63, 3.8) is 0 Å². The van der Waals surface area contributed by atoms with Crippen LogP contribution in [0.15, 0.2) is 12.2 Å². The van der Waals surface area contributed by atoms with Gasteiger partial charge in [-0.15, -0.1) is 0 Å². The summed E-state index contributed by atoms with van der Waals surface area (Å²) < 4.78 is 5.50. The second-order valence-electron chi connectivity index (χ2n) is 22.1. The van der Waals surface area contributed by atoms with E-state index in [2.05, 4.69) is 31.3 Å². The summed E-state index contributed by atoms with van der Waals surface area (Å²) in [5.41, 5.74) is 0. The minimum atomic E-state index is -0.669. The predicted octanol–water partition coefficient (Wildman–Crippen LogP) is 20.0. The third kappa shape index (κ3) is 55.9. The van der Waals surface area contributed by atoms with Crippen LogP contribution in [0.25, 0.3) is 0 Å². The predicted molar refractivity (Wildman–Crippen MR) is 306 cm³/mol. The number of rotatable bonds is 60. The Kier molecular flexibility index (Phi) is 59.0. The van der Waals surface area contributed by atoms with Crippen molar-refractivity contribution in [2.45, 2.75) is 373 Å². The number of esters is 1. The van der Waals surface area contributed by atoms with Crippen LogP contribution in [-0.4, -0.2) is 47.4 Å². The summed E-state index contributed by atoms with van der Waals surface area (Å²) in [5, 5.41) is 23.3. The largest absolute Gasteiger partial charge is 0.466 e. The lowest BCUT2D eigenvalue weighted by Gasteiger charge is -2.22. The molecule has 1 amide bonds. The maximum absolute atomic E-state index is 12.5. The fourth-order valence-corrected chi connectivity index (χ4v) is 10.2. The molecule has 0 aromatic rings. The molecule has 0 saturated carbocycles. The summed E-state index contributed by atoms with van der Waals surface area (Å²) in [4.78, 5) is 24.6. The molecule has 70 heavy (non-hydrogen) atoms. The monoisotopic (exact) mass is 988 g/mol. The molecule has 0 aromatic carbocycles. The van der Waals surface area contributed by atoms with Crippen LogP contribution in [-0.2, 0) is 14.3 Å². The summed E-state index contributed by atoms with van der Waals surface area (Å²) >= 11 is 0. The first-order chi connectivity index (χ1) is 34.5.